The predicted octanol–water partition coefficient (Wildman–Crippen LogP) is 2.89. The van der Waals surface area contributed by atoms with Gasteiger partial charge in [0, 0.05) is 6.04 Å². The summed E-state index contributed by atoms with van der Waals surface area (Å²) in [4.78, 5) is 0.260. The van der Waals surface area contributed by atoms with E-state index in [-0.39, 0.29) is 10.6 Å². The van der Waals surface area contributed by atoms with Crippen LogP contribution in [0.1, 0.15) is 25.7 Å². The van der Waals surface area contributed by atoms with Crippen LogP contribution in [0.5, 0.6) is 0 Å². The van der Waals surface area contributed by atoms with Gasteiger partial charge in [-0.2, -0.15) is 0 Å². The third kappa shape index (κ3) is 3.50. The number of rotatable bonds is 5. The Morgan fingerprint density at radius 2 is 2.05 bits per heavy atom. The minimum atomic E-state index is -3.27. The number of sulfone groups is 1. The Bertz CT molecular complexity index is 530. The van der Waals surface area contributed by atoms with Gasteiger partial charge in [-0.3, -0.25) is 0 Å². The van der Waals surface area contributed by atoms with Crippen LogP contribution in [-0.2, 0) is 9.84 Å². The number of nitrogens with one attached hydrogen (secondary N) is 1. The third-order valence-corrected chi connectivity index (χ3v) is 6.20. The summed E-state index contributed by atoms with van der Waals surface area (Å²) in [7, 11) is -1.32. The molecule has 1 fully saturated rings. The maximum atomic E-state index is 12.3. The standard InChI is InChI=1S/C14H20ClNO2S/c1-16-13-7-4-5-11(13)9-10-19(17,18)14-8-3-2-6-12(14)15/h2-3,6,8,11,13,16H,4-5,7,9-10H2,1H3. The summed E-state index contributed by atoms with van der Waals surface area (Å²) in [6.07, 6.45) is 4.15. The molecule has 0 amide bonds. The van der Waals surface area contributed by atoms with E-state index in [1.54, 1.807) is 24.3 Å². The Balaban J connectivity index is 2.04. The summed E-state index contributed by atoms with van der Waals surface area (Å²) < 4.78 is 24.6. The molecule has 0 radical (unpaired) electrons. The third-order valence-electron chi connectivity index (χ3n) is 3.96. The van der Waals surface area contributed by atoms with Crippen LogP contribution >= 0.6 is 11.6 Å². The quantitative estimate of drug-likeness (QED) is 0.909. The average molecular weight is 302 g/mol. The van der Waals surface area contributed by atoms with Crippen molar-refractivity contribution in [2.75, 3.05) is 12.8 Å². The van der Waals surface area contributed by atoms with Crippen molar-refractivity contribution < 1.29 is 8.42 Å². The van der Waals surface area contributed by atoms with E-state index in [2.05, 4.69) is 5.32 Å². The monoisotopic (exact) mass is 301 g/mol. The Hall–Kier alpha value is -0.580. The van der Waals surface area contributed by atoms with Crippen LogP contribution in [-0.4, -0.2) is 27.3 Å². The molecular weight excluding hydrogens is 282 g/mol. The van der Waals surface area contributed by atoms with Gasteiger partial charge in [-0.05, 0) is 44.4 Å². The summed E-state index contributed by atoms with van der Waals surface area (Å²) in [6, 6.07) is 7.13. The van der Waals surface area contributed by atoms with Crippen molar-refractivity contribution in [3.63, 3.8) is 0 Å². The molecule has 106 valence electrons. The average Bonchev–Trinajstić information content (AvgIpc) is 2.84. The smallest absolute Gasteiger partial charge is 0.179 e. The van der Waals surface area contributed by atoms with E-state index in [1.807, 2.05) is 7.05 Å². The maximum absolute atomic E-state index is 12.3. The van der Waals surface area contributed by atoms with Gasteiger partial charge in [-0.15, -0.1) is 0 Å². The first kappa shape index (κ1) is 14.8. The molecule has 1 aliphatic carbocycles. The van der Waals surface area contributed by atoms with Gasteiger partial charge < -0.3 is 5.32 Å². The van der Waals surface area contributed by atoms with Crippen LogP contribution in [0.2, 0.25) is 5.02 Å². The molecule has 0 bridgehead atoms. The van der Waals surface area contributed by atoms with Gasteiger partial charge >= 0.3 is 0 Å². The van der Waals surface area contributed by atoms with E-state index in [1.165, 1.54) is 6.42 Å². The van der Waals surface area contributed by atoms with Gasteiger partial charge in [0.15, 0.2) is 9.84 Å². The van der Waals surface area contributed by atoms with Gasteiger partial charge in [-0.1, -0.05) is 30.2 Å². The van der Waals surface area contributed by atoms with Crippen LogP contribution in [0.3, 0.4) is 0 Å². The maximum Gasteiger partial charge on any atom is 0.179 e. The van der Waals surface area contributed by atoms with Gasteiger partial charge in [0.05, 0.1) is 15.7 Å². The Morgan fingerprint density at radius 1 is 1.32 bits per heavy atom. The second kappa shape index (κ2) is 6.25. The van der Waals surface area contributed by atoms with Crippen LogP contribution in [0.25, 0.3) is 0 Å². The first-order chi connectivity index (χ1) is 9.04. The largest absolute Gasteiger partial charge is 0.317 e. The SMILES string of the molecule is CNC1CCCC1CCS(=O)(=O)c1ccccc1Cl. The lowest BCUT2D eigenvalue weighted by Crippen LogP contribution is -2.30. The van der Waals surface area contributed by atoms with Crippen LogP contribution < -0.4 is 5.32 Å². The molecule has 2 atom stereocenters. The highest BCUT2D eigenvalue weighted by Crippen LogP contribution is 2.30. The highest BCUT2D eigenvalue weighted by molar-refractivity contribution is 7.91. The highest BCUT2D eigenvalue weighted by atomic mass is 35.5. The summed E-state index contributed by atoms with van der Waals surface area (Å²) in [5, 5.41) is 3.60. The Kier molecular flexibility index (Phi) is 4.87. The van der Waals surface area contributed by atoms with Crippen LogP contribution in [0, 0.1) is 5.92 Å². The van der Waals surface area contributed by atoms with Crippen molar-refractivity contribution in [1.82, 2.24) is 5.32 Å². The van der Waals surface area contributed by atoms with E-state index >= 15 is 0 Å². The molecule has 1 N–H and O–H groups in total. The molecule has 3 nitrogen and oxygen atoms in total. The van der Waals surface area contributed by atoms with Gasteiger partial charge in [0.2, 0.25) is 0 Å². The van der Waals surface area contributed by atoms with Crippen LogP contribution in [0.4, 0.5) is 0 Å². The Labute approximate surface area is 120 Å². The van der Waals surface area contributed by atoms with E-state index in [0.29, 0.717) is 23.4 Å². The zero-order valence-electron chi connectivity index (χ0n) is 11.1. The van der Waals surface area contributed by atoms with E-state index in [0.717, 1.165) is 12.8 Å². The molecule has 1 saturated carbocycles. The number of hydrogen-bond donors (Lipinski definition) is 1. The van der Waals surface area contributed by atoms with Crippen molar-refractivity contribution >= 4 is 21.4 Å². The van der Waals surface area contributed by atoms with E-state index in [9.17, 15) is 8.42 Å². The molecule has 0 heterocycles. The Morgan fingerprint density at radius 3 is 2.74 bits per heavy atom. The first-order valence-corrected chi connectivity index (χ1v) is 8.72. The molecule has 0 spiro atoms. The first-order valence-electron chi connectivity index (χ1n) is 6.69. The normalized spacial score (nSPS) is 23.7. The van der Waals surface area contributed by atoms with Gasteiger partial charge in [0.25, 0.3) is 0 Å². The van der Waals surface area contributed by atoms with Gasteiger partial charge in [-0.25, -0.2) is 8.42 Å². The number of hydrogen-bond acceptors (Lipinski definition) is 3. The van der Waals surface area contributed by atoms with Crippen molar-refractivity contribution in [1.29, 1.82) is 0 Å². The second-order valence-electron chi connectivity index (χ2n) is 5.12. The van der Waals surface area contributed by atoms with Crippen LogP contribution in [0.15, 0.2) is 29.2 Å². The molecule has 2 unspecified atom stereocenters. The summed E-state index contributed by atoms with van der Waals surface area (Å²) in [6.45, 7) is 0. The molecule has 2 rings (SSSR count). The zero-order valence-corrected chi connectivity index (χ0v) is 12.7. The fourth-order valence-electron chi connectivity index (χ4n) is 2.88. The van der Waals surface area contributed by atoms with Gasteiger partial charge in [0.1, 0.15) is 0 Å². The van der Waals surface area contributed by atoms with E-state index < -0.39 is 9.84 Å². The minimum absolute atomic E-state index is 0.180. The minimum Gasteiger partial charge on any atom is -0.317 e. The summed E-state index contributed by atoms with van der Waals surface area (Å²) >= 11 is 5.97. The molecule has 0 aromatic heterocycles. The molecule has 0 saturated heterocycles. The molecule has 1 aromatic rings. The molecular formula is C14H20ClNO2S. The lowest BCUT2D eigenvalue weighted by Gasteiger charge is -2.18. The number of halogens is 1. The molecule has 0 aliphatic heterocycles. The topological polar surface area (TPSA) is 46.2 Å². The highest BCUT2D eigenvalue weighted by Gasteiger charge is 2.28. The van der Waals surface area contributed by atoms with Crippen molar-refractivity contribution in [3.8, 4) is 0 Å². The fraction of sp³-hybridized carbons (Fsp3) is 0.571. The molecule has 1 aliphatic rings. The molecule has 19 heavy (non-hydrogen) atoms. The van der Waals surface area contributed by atoms with Crippen molar-refractivity contribution in [3.05, 3.63) is 29.3 Å². The van der Waals surface area contributed by atoms with Crippen molar-refractivity contribution in [2.45, 2.75) is 36.6 Å². The van der Waals surface area contributed by atoms with Crippen molar-refractivity contribution in [2.24, 2.45) is 5.92 Å². The predicted molar refractivity (Wildman–Crippen MR) is 78.3 cm³/mol. The number of benzene rings is 1. The summed E-state index contributed by atoms with van der Waals surface area (Å²) in [5.41, 5.74) is 0. The fourth-order valence-corrected chi connectivity index (χ4v) is 4.85. The second-order valence-corrected chi connectivity index (χ2v) is 7.61. The molecule has 1 aromatic carbocycles. The zero-order chi connectivity index (χ0) is 13.9. The lowest BCUT2D eigenvalue weighted by molar-refractivity contribution is 0.414. The lowest BCUT2D eigenvalue weighted by atomic mass is 10.0. The molecule has 5 heteroatoms. The van der Waals surface area contributed by atoms with E-state index in [4.69, 9.17) is 11.6 Å². The summed E-state index contributed by atoms with van der Waals surface area (Å²) in [5.74, 6) is 0.641.